The molecule has 0 bridgehead atoms. The summed E-state index contributed by atoms with van der Waals surface area (Å²) in [5.41, 5.74) is 4.18. The van der Waals surface area contributed by atoms with E-state index in [2.05, 4.69) is 5.32 Å². The van der Waals surface area contributed by atoms with Gasteiger partial charge in [-0.15, -0.1) is 0 Å². The molecule has 1 aliphatic rings. The summed E-state index contributed by atoms with van der Waals surface area (Å²) in [5.74, 6) is -0.451. The highest BCUT2D eigenvalue weighted by molar-refractivity contribution is 6.30. The van der Waals surface area contributed by atoms with Gasteiger partial charge in [-0.1, -0.05) is 18.0 Å². The second-order valence-electron chi connectivity index (χ2n) is 5.47. The number of benzene rings is 1. The SMILES string of the molecule is NCC1(CC(=O)Nc2ccc(Cl)cc2C(F)(F)F)CCC1. The number of halogens is 4. The molecule has 0 aromatic heterocycles. The van der Waals surface area contributed by atoms with Gasteiger partial charge < -0.3 is 11.1 Å². The second-order valence-corrected chi connectivity index (χ2v) is 5.91. The van der Waals surface area contributed by atoms with Gasteiger partial charge >= 0.3 is 6.18 Å². The zero-order valence-electron chi connectivity index (χ0n) is 11.3. The summed E-state index contributed by atoms with van der Waals surface area (Å²) in [6.07, 6.45) is -1.76. The number of alkyl halides is 3. The van der Waals surface area contributed by atoms with Gasteiger partial charge in [0.25, 0.3) is 0 Å². The third kappa shape index (κ3) is 3.68. The van der Waals surface area contributed by atoms with Crippen molar-refractivity contribution in [1.82, 2.24) is 0 Å². The van der Waals surface area contributed by atoms with Crippen LogP contribution in [0.15, 0.2) is 18.2 Å². The van der Waals surface area contributed by atoms with Crippen molar-refractivity contribution >= 4 is 23.2 Å². The molecule has 1 aromatic rings. The van der Waals surface area contributed by atoms with Crippen molar-refractivity contribution in [2.24, 2.45) is 11.1 Å². The topological polar surface area (TPSA) is 55.1 Å². The third-order valence-electron chi connectivity index (χ3n) is 3.94. The first kappa shape index (κ1) is 16.1. The minimum atomic E-state index is -4.57. The van der Waals surface area contributed by atoms with Crippen LogP contribution in [-0.2, 0) is 11.0 Å². The highest BCUT2D eigenvalue weighted by Crippen LogP contribution is 2.43. The lowest BCUT2D eigenvalue weighted by atomic mass is 9.66. The van der Waals surface area contributed by atoms with Crippen molar-refractivity contribution in [2.75, 3.05) is 11.9 Å². The first-order valence-electron chi connectivity index (χ1n) is 6.62. The number of anilines is 1. The number of carbonyl (C=O) groups excluding carboxylic acids is 1. The molecule has 3 nitrogen and oxygen atoms in total. The van der Waals surface area contributed by atoms with Gasteiger partial charge in [0.1, 0.15) is 0 Å². The lowest BCUT2D eigenvalue weighted by Crippen LogP contribution is -2.40. The molecular formula is C14H16ClF3N2O. The molecule has 3 N–H and O–H groups in total. The van der Waals surface area contributed by atoms with E-state index in [-0.39, 0.29) is 22.5 Å². The van der Waals surface area contributed by atoms with Crippen LogP contribution < -0.4 is 11.1 Å². The van der Waals surface area contributed by atoms with E-state index in [0.29, 0.717) is 6.54 Å². The zero-order valence-corrected chi connectivity index (χ0v) is 12.0. The van der Waals surface area contributed by atoms with E-state index >= 15 is 0 Å². The van der Waals surface area contributed by atoms with Crippen LogP contribution >= 0.6 is 11.6 Å². The van der Waals surface area contributed by atoms with Crippen LogP contribution in [0.5, 0.6) is 0 Å². The summed E-state index contributed by atoms with van der Waals surface area (Å²) in [7, 11) is 0. The van der Waals surface area contributed by atoms with Gasteiger partial charge in [-0.05, 0) is 43.0 Å². The van der Waals surface area contributed by atoms with Crippen LogP contribution in [0.4, 0.5) is 18.9 Å². The molecule has 0 heterocycles. The largest absolute Gasteiger partial charge is 0.418 e. The number of nitrogens with two attached hydrogens (primary N) is 1. The van der Waals surface area contributed by atoms with Crippen LogP contribution in [0.1, 0.15) is 31.2 Å². The monoisotopic (exact) mass is 320 g/mol. The van der Waals surface area contributed by atoms with E-state index in [1.807, 2.05) is 0 Å². The Balaban J connectivity index is 2.14. The molecule has 1 saturated carbocycles. The number of hydrogen-bond acceptors (Lipinski definition) is 2. The first-order valence-corrected chi connectivity index (χ1v) is 7.00. The Labute approximate surface area is 125 Å². The van der Waals surface area contributed by atoms with Crippen molar-refractivity contribution in [2.45, 2.75) is 31.9 Å². The predicted molar refractivity (Wildman–Crippen MR) is 75.0 cm³/mol. The molecule has 0 radical (unpaired) electrons. The lowest BCUT2D eigenvalue weighted by Gasteiger charge is -2.40. The standard InChI is InChI=1S/C14H16ClF3N2O/c15-9-2-3-11(10(6-9)14(16,17)18)20-12(21)7-13(8-19)4-1-5-13/h2-3,6H,1,4-5,7-8,19H2,(H,20,21). The maximum atomic E-state index is 12.9. The summed E-state index contributed by atoms with van der Waals surface area (Å²) in [4.78, 5) is 12.0. The fraction of sp³-hybridized carbons (Fsp3) is 0.500. The summed E-state index contributed by atoms with van der Waals surface area (Å²) in [5, 5.41) is 2.30. The Bertz CT molecular complexity index is 536. The third-order valence-corrected chi connectivity index (χ3v) is 4.18. The van der Waals surface area contributed by atoms with E-state index in [9.17, 15) is 18.0 Å². The molecule has 2 rings (SSSR count). The molecule has 0 aliphatic heterocycles. The van der Waals surface area contributed by atoms with Crippen LogP contribution in [0.2, 0.25) is 5.02 Å². The minimum absolute atomic E-state index is 0.0299. The molecule has 0 unspecified atom stereocenters. The van der Waals surface area contributed by atoms with Crippen molar-refractivity contribution in [1.29, 1.82) is 0 Å². The Hall–Kier alpha value is -1.27. The first-order chi connectivity index (χ1) is 9.76. The quantitative estimate of drug-likeness (QED) is 0.886. The zero-order chi connectivity index (χ0) is 15.7. The molecule has 0 atom stereocenters. The van der Waals surface area contributed by atoms with Crippen LogP contribution in [0.25, 0.3) is 0 Å². The molecule has 1 aliphatic carbocycles. The molecule has 0 spiro atoms. The molecule has 0 saturated heterocycles. The number of carbonyl (C=O) groups is 1. The van der Waals surface area contributed by atoms with Crippen molar-refractivity contribution in [3.8, 4) is 0 Å². The maximum absolute atomic E-state index is 12.9. The smallest absolute Gasteiger partial charge is 0.330 e. The van der Waals surface area contributed by atoms with Crippen LogP contribution in [0.3, 0.4) is 0 Å². The second kappa shape index (κ2) is 5.85. The van der Waals surface area contributed by atoms with Gasteiger partial charge in [0, 0.05) is 11.4 Å². The molecule has 116 valence electrons. The average molecular weight is 321 g/mol. The highest BCUT2D eigenvalue weighted by Gasteiger charge is 2.38. The van der Waals surface area contributed by atoms with Gasteiger partial charge in [-0.25, -0.2) is 0 Å². The van der Waals surface area contributed by atoms with E-state index in [1.54, 1.807) is 0 Å². The maximum Gasteiger partial charge on any atom is 0.418 e. The average Bonchev–Trinajstić information content (AvgIpc) is 2.35. The summed E-state index contributed by atoms with van der Waals surface area (Å²) in [6.45, 7) is 0.368. The predicted octanol–water partition coefficient (Wildman–Crippen LogP) is 3.82. The van der Waals surface area contributed by atoms with E-state index in [4.69, 9.17) is 17.3 Å². The Morgan fingerprint density at radius 1 is 1.38 bits per heavy atom. The Kier molecular flexibility index (Phi) is 4.49. The fourth-order valence-corrected chi connectivity index (χ4v) is 2.70. The molecule has 7 heteroatoms. The van der Waals surface area contributed by atoms with Gasteiger partial charge in [0.05, 0.1) is 11.3 Å². The van der Waals surface area contributed by atoms with Gasteiger partial charge in [-0.3, -0.25) is 4.79 Å². The number of nitrogens with one attached hydrogen (secondary N) is 1. The Morgan fingerprint density at radius 2 is 2.05 bits per heavy atom. The number of rotatable bonds is 4. The van der Waals surface area contributed by atoms with Crippen LogP contribution in [-0.4, -0.2) is 12.5 Å². The summed E-state index contributed by atoms with van der Waals surface area (Å²) in [6, 6.07) is 3.28. The normalized spacial score (nSPS) is 17.2. The fourth-order valence-electron chi connectivity index (χ4n) is 2.52. The molecule has 1 aromatic carbocycles. The minimum Gasteiger partial charge on any atom is -0.330 e. The molecule has 1 fully saturated rings. The van der Waals surface area contributed by atoms with E-state index in [0.717, 1.165) is 25.3 Å². The lowest BCUT2D eigenvalue weighted by molar-refractivity contribution is -0.137. The van der Waals surface area contributed by atoms with E-state index < -0.39 is 17.6 Å². The van der Waals surface area contributed by atoms with Crippen LogP contribution in [0, 0.1) is 5.41 Å². The van der Waals surface area contributed by atoms with Crippen molar-refractivity contribution < 1.29 is 18.0 Å². The highest BCUT2D eigenvalue weighted by atomic mass is 35.5. The Morgan fingerprint density at radius 3 is 2.52 bits per heavy atom. The molecular weight excluding hydrogens is 305 g/mol. The summed E-state index contributed by atoms with van der Waals surface area (Å²) < 4.78 is 38.8. The number of amides is 1. The van der Waals surface area contributed by atoms with E-state index in [1.165, 1.54) is 12.1 Å². The molecule has 1 amide bonds. The van der Waals surface area contributed by atoms with Crippen molar-refractivity contribution in [3.63, 3.8) is 0 Å². The molecule has 21 heavy (non-hydrogen) atoms. The van der Waals surface area contributed by atoms with Gasteiger partial charge in [0.15, 0.2) is 0 Å². The summed E-state index contributed by atoms with van der Waals surface area (Å²) >= 11 is 5.59. The van der Waals surface area contributed by atoms with Crippen molar-refractivity contribution in [3.05, 3.63) is 28.8 Å². The number of hydrogen-bond donors (Lipinski definition) is 2. The van der Waals surface area contributed by atoms with Gasteiger partial charge in [0.2, 0.25) is 5.91 Å². The van der Waals surface area contributed by atoms with Gasteiger partial charge in [-0.2, -0.15) is 13.2 Å².